The Bertz CT molecular complexity index is 870. The van der Waals surface area contributed by atoms with E-state index in [1.165, 1.54) is 0 Å². The van der Waals surface area contributed by atoms with Gasteiger partial charge in [-0.2, -0.15) is 0 Å². The Morgan fingerprint density at radius 2 is 1.53 bits per heavy atom. The minimum atomic E-state index is -0.423. The van der Waals surface area contributed by atoms with E-state index in [2.05, 4.69) is 27.0 Å². The Labute approximate surface area is 206 Å². The summed E-state index contributed by atoms with van der Waals surface area (Å²) in [6.45, 7) is 15.6. The largest absolute Gasteiger partial charge is 0.490 e. The van der Waals surface area contributed by atoms with Gasteiger partial charge in [0.2, 0.25) is 0 Å². The number of ether oxygens (including phenoxy) is 3. The number of halogens is 3. The van der Waals surface area contributed by atoms with E-state index in [4.69, 9.17) is 54.1 Å². The van der Waals surface area contributed by atoms with Crippen molar-refractivity contribution in [1.29, 1.82) is 0 Å². The van der Waals surface area contributed by atoms with Gasteiger partial charge in [0.25, 0.3) is 5.95 Å². The van der Waals surface area contributed by atoms with E-state index in [9.17, 15) is 0 Å². The summed E-state index contributed by atoms with van der Waals surface area (Å²) in [7, 11) is 0. The molecule has 0 radical (unpaired) electrons. The van der Waals surface area contributed by atoms with Gasteiger partial charge in [-0.25, -0.2) is 0 Å². The lowest BCUT2D eigenvalue weighted by Crippen LogP contribution is -2.19. The van der Waals surface area contributed by atoms with Gasteiger partial charge in [0.1, 0.15) is 18.1 Å². The number of rotatable bonds is 11. The predicted molar refractivity (Wildman–Crippen MR) is 135 cm³/mol. The first kappa shape index (κ1) is 28.0. The van der Waals surface area contributed by atoms with E-state index in [-0.39, 0.29) is 17.8 Å². The van der Waals surface area contributed by atoms with Crippen LogP contribution in [0.1, 0.15) is 45.2 Å². The first-order valence-electron chi connectivity index (χ1n) is 10.3. The molecule has 176 valence electrons. The van der Waals surface area contributed by atoms with Crippen LogP contribution in [0.5, 0.6) is 11.5 Å². The molecule has 0 bridgehead atoms. The van der Waals surface area contributed by atoms with Crippen LogP contribution in [-0.2, 0) is 10.2 Å². The molecule has 2 aromatic rings. The zero-order valence-electron chi connectivity index (χ0n) is 19.0. The van der Waals surface area contributed by atoms with Gasteiger partial charge in [0.05, 0.1) is 16.7 Å². The molecule has 0 heterocycles. The summed E-state index contributed by atoms with van der Waals surface area (Å²) in [5.74, 6) is 1.46. The Balaban J connectivity index is 0.00000249. The molecule has 2 aromatic carbocycles. The minimum absolute atomic E-state index is 0.0959. The van der Waals surface area contributed by atoms with Gasteiger partial charge in [-0.05, 0) is 48.4 Å². The van der Waals surface area contributed by atoms with Crippen LogP contribution in [0.2, 0.25) is 10.0 Å². The summed E-state index contributed by atoms with van der Waals surface area (Å²) in [4.78, 5) is 0. The van der Waals surface area contributed by atoms with Crippen molar-refractivity contribution < 1.29 is 19.3 Å². The van der Waals surface area contributed by atoms with Crippen molar-refractivity contribution in [3.63, 3.8) is 0 Å². The molecule has 0 unspecified atom stereocenters. The molecule has 0 aliphatic heterocycles. The number of aliphatic hydroxyl groups is 1. The second-order valence-corrected chi connectivity index (χ2v) is 8.32. The number of alkyl halides is 1. The molecule has 0 amide bonds. The van der Waals surface area contributed by atoms with Crippen molar-refractivity contribution >= 4 is 34.8 Å². The molecule has 4 nitrogen and oxygen atoms in total. The zero-order chi connectivity index (χ0) is 24.3. The molecule has 1 N–H and O–H groups in total. The maximum Gasteiger partial charge on any atom is 0.274 e. The standard InChI is InChI=1S/C23H25Cl3O4.C2H6/c1-15(30-16(2)27)14-29-19-8-6-17(7-9-19)23(3,4)18-12-20(25)22(21(26)13-18)28-11-5-10-24;1-2/h6-9,12-13,27H,1-2,5,10-11,14H2,3-4H3;1-2H3. The monoisotopic (exact) mass is 500 g/mol. The average Bonchev–Trinajstić information content (AvgIpc) is 2.75. The van der Waals surface area contributed by atoms with E-state index in [0.29, 0.717) is 40.5 Å². The topological polar surface area (TPSA) is 47.9 Å². The second-order valence-electron chi connectivity index (χ2n) is 7.13. The molecule has 2 rings (SSSR count). The van der Waals surface area contributed by atoms with Crippen LogP contribution in [0.15, 0.2) is 61.3 Å². The summed E-state index contributed by atoms with van der Waals surface area (Å²) in [6, 6.07) is 11.4. The quantitative estimate of drug-likeness (QED) is 0.191. The maximum absolute atomic E-state index is 9.00. The fourth-order valence-corrected chi connectivity index (χ4v) is 3.49. The Morgan fingerprint density at radius 1 is 0.969 bits per heavy atom. The molecular weight excluding hydrogens is 471 g/mol. The van der Waals surface area contributed by atoms with Crippen LogP contribution in [0.4, 0.5) is 0 Å². The van der Waals surface area contributed by atoms with Crippen LogP contribution >= 0.6 is 34.8 Å². The van der Waals surface area contributed by atoms with Gasteiger partial charge in [0, 0.05) is 11.3 Å². The van der Waals surface area contributed by atoms with E-state index in [0.717, 1.165) is 11.1 Å². The van der Waals surface area contributed by atoms with Crippen LogP contribution in [0, 0.1) is 0 Å². The summed E-state index contributed by atoms with van der Waals surface area (Å²) < 4.78 is 16.1. The number of benzene rings is 2. The Kier molecular flexibility index (Phi) is 11.8. The van der Waals surface area contributed by atoms with Crippen molar-refractivity contribution in [2.24, 2.45) is 0 Å². The van der Waals surface area contributed by atoms with Crippen LogP contribution in [0.3, 0.4) is 0 Å². The molecule has 32 heavy (non-hydrogen) atoms. The lowest BCUT2D eigenvalue weighted by molar-refractivity contribution is 0.127. The summed E-state index contributed by atoms with van der Waals surface area (Å²) in [6.07, 6.45) is 0.712. The maximum atomic E-state index is 9.00. The second kappa shape index (κ2) is 13.5. The molecule has 0 saturated heterocycles. The Morgan fingerprint density at radius 3 is 2.03 bits per heavy atom. The van der Waals surface area contributed by atoms with Crippen molar-refractivity contribution in [2.75, 3.05) is 19.1 Å². The van der Waals surface area contributed by atoms with Crippen LogP contribution in [0.25, 0.3) is 0 Å². The molecule has 0 atom stereocenters. The smallest absolute Gasteiger partial charge is 0.274 e. The highest BCUT2D eigenvalue weighted by atomic mass is 35.5. The lowest BCUT2D eigenvalue weighted by atomic mass is 9.78. The third kappa shape index (κ3) is 8.16. The van der Waals surface area contributed by atoms with Crippen molar-refractivity contribution in [2.45, 2.75) is 39.5 Å². The minimum Gasteiger partial charge on any atom is -0.490 e. The molecule has 0 spiro atoms. The van der Waals surface area contributed by atoms with E-state index in [1.54, 1.807) is 0 Å². The first-order chi connectivity index (χ1) is 15.1. The van der Waals surface area contributed by atoms with E-state index >= 15 is 0 Å². The SMILES string of the molecule is C=C(O)OC(=C)COc1ccc(C(C)(C)c2cc(Cl)c(OCCCCl)c(Cl)c2)cc1.CC. The summed E-state index contributed by atoms with van der Waals surface area (Å²) >= 11 is 18.6. The summed E-state index contributed by atoms with van der Waals surface area (Å²) in [5, 5.41) is 9.92. The molecule has 0 aliphatic carbocycles. The van der Waals surface area contributed by atoms with E-state index in [1.807, 2.05) is 50.2 Å². The average molecular weight is 502 g/mol. The molecule has 0 aromatic heterocycles. The molecule has 0 aliphatic rings. The number of aliphatic hydroxyl groups excluding tert-OH is 1. The fourth-order valence-electron chi connectivity index (χ4n) is 2.78. The molecular formula is C25H31Cl3O4. The van der Waals surface area contributed by atoms with Gasteiger partial charge in [-0.3, -0.25) is 0 Å². The third-order valence-corrected chi connectivity index (χ3v) is 5.31. The Hall–Kier alpha value is -2.01. The van der Waals surface area contributed by atoms with E-state index < -0.39 is 5.95 Å². The van der Waals surface area contributed by atoms with Gasteiger partial charge in [-0.1, -0.05) is 69.6 Å². The highest BCUT2D eigenvalue weighted by molar-refractivity contribution is 6.37. The molecule has 0 saturated carbocycles. The predicted octanol–water partition coefficient (Wildman–Crippen LogP) is 8.29. The van der Waals surface area contributed by atoms with Crippen molar-refractivity contribution in [3.8, 4) is 11.5 Å². The normalized spacial score (nSPS) is 10.6. The van der Waals surface area contributed by atoms with Gasteiger partial charge >= 0.3 is 0 Å². The highest BCUT2D eigenvalue weighted by Gasteiger charge is 2.25. The number of hydrogen-bond donors (Lipinski definition) is 1. The molecule has 0 fully saturated rings. The highest BCUT2D eigenvalue weighted by Crippen LogP contribution is 2.40. The summed E-state index contributed by atoms with van der Waals surface area (Å²) in [5.41, 5.74) is 1.65. The van der Waals surface area contributed by atoms with Crippen LogP contribution in [-0.4, -0.2) is 24.2 Å². The van der Waals surface area contributed by atoms with Crippen molar-refractivity contribution in [3.05, 3.63) is 82.4 Å². The van der Waals surface area contributed by atoms with Crippen molar-refractivity contribution in [1.82, 2.24) is 0 Å². The van der Waals surface area contributed by atoms with Gasteiger partial charge < -0.3 is 19.3 Å². The van der Waals surface area contributed by atoms with Gasteiger partial charge in [-0.15, -0.1) is 11.6 Å². The zero-order valence-corrected chi connectivity index (χ0v) is 21.3. The molecule has 7 heteroatoms. The van der Waals surface area contributed by atoms with Gasteiger partial charge in [0.15, 0.2) is 5.75 Å². The third-order valence-electron chi connectivity index (χ3n) is 4.48. The lowest BCUT2D eigenvalue weighted by Gasteiger charge is -2.27. The fraction of sp³-hybridized carbons (Fsp3) is 0.360. The van der Waals surface area contributed by atoms with Crippen LogP contribution < -0.4 is 9.47 Å². The first-order valence-corrected chi connectivity index (χ1v) is 11.6. The number of hydrogen-bond acceptors (Lipinski definition) is 4.